The van der Waals surface area contributed by atoms with E-state index in [9.17, 15) is 0 Å². The maximum absolute atomic E-state index is 5.97. The summed E-state index contributed by atoms with van der Waals surface area (Å²) in [5, 5.41) is 5.97. The highest BCUT2D eigenvalue weighted by molar-refractivity contribution is 5.96. The standard InChI is InChI=1S/C28H30N4O3/c1-33-20-12-13-24-22(15-20)23(16-25(29-24)18-7-4-3-5-8-18)28-30-27(26(34-2)19-10-11-19)31-32(28)17-21-9-6-14-35-21/h3-5,7-8,12-13,15-16,19,21,26H,6,9-11,14,17H2,1-2H3. The number of ether oxygens (including phenoxy) is 3. The minimum Gasteiger partial charge on any atom is -0.497 e. The zero-order chi connectivity index (χ0) is 23.8. The van der Waals surface area contributed by atoms with Gasteiger partial charge in [0.2, 0.25) is 0 Å². The summed E-state index contributed by atoms with van der Waals surface area (Å²) in [5.41, 5.74) is 3.83. The lowest BCUT2D eigenvalue weighted by atomic mass is 10.0. The molecule has 2 fully saturated rings. The number of methoxy groups -OCH3 is 2. The van der Waals surface area contributed by atoms with Crippen LogP contribution in [0.25, 0.3) is 33.5 Å². The van der Waals surface area contributed by atoms with Crippen molar-refractivity contribution in [3.63, 3.8) is 0 Å². The molecule has 4 aromatic rings. The minimum absolute atomic E-state index is 0.0873. The fourth-order valence-corrected chi connectivity index (χ4v) is 4.97. The van der Waals surface area contributed by atoms with Crippen LogP contribution in [-0.2, 0) is 16.0 Å². The Labute approximate surface area is 205 Å². The Bertz CT molecular complexity index is 1330. The van der Waals surface area contributed by atoms with E-state index in [4.69, 9.17) is 29.3 Å². The van der Waals surface area contributed by atoms with Gasteiger partial charge in [-0.25, -0.2) is 14.6 Å². The Kier molecular flexibility index (Phi) is 5.96. The van der Waals surface area contributed by atoms with Crippen LogP contribution in [0.1, 0.15) is 37.6 Å². The molecule has 6 rings (SSSR count). The normalized spacial score (nSPS) is 18.7. The largest absolute Gasteiger partial charge is 0.497 e. The number of fused-ring (bicyclic) bond motifs is 1. The summed E-state index contributed by atoms with van der Waals surface area (Å²) in [6.07, 6.45) is 4.48. The van der Waals surface area contributed by atoms with Crippen molar-refractivity contribution < 1.29 is 14.2 Å². The summed E-state index contributed by atoms with van der Waals surface area (Å²) in [4.78, 5) is 10.1. The molecule has 7 heteroatoms. The van der Waals surface area contributed by atoms with Crippen molar-refractivity contribution in [3.05, 3.63) is 60.4 Å². The van der Waals surface area contributed by atoms with Gasteiger partial charge in [-0.2, -0.15) is 5.10 Å². The van der Waals surface area contributed by atoms with E-state index in [-0.39, 0.29) is 12.2 Å². The van der Waals surface area contributed by atoms with Crippen LogP contribution in [-0.4, -0.2) is 46.7 Å². The molecular formula is C28H30N4O3. The van der Waals surface area contributed by atoms with Gasteiger partial charge in [0, 0.05) is 30.2 Å². The van der Waals surface area contributed by atoms with Crippen LogP contribution >= 0.6 is 0 Å². The van der Waals surface area contributed by atoms with Crippen molar-refractivity contribution in [2.45, 2.75) is 44.4 Å². The van der Waals surface area contributed by atoms with Gasteiger partial charge >= 0.3 is 0 Å². The molecule has 180 valence electrons. The van der Waals surface area contributed by atoms with E-state index in [0.29, 0.717) is 12.5 Å². The third-order valence-electron chi connectivity index (χ3n) is 6.97. The second kappa shape index (κ2) is 9.40. The predicted octanol–water partition coefficient (Wildman–Crippen LogP) is 5.45. The molecule has 2 atom stereocenters. The van der Waals surface area contributed by atoms with Gasteiger partial charge in [-0.15, -0.1) is 0 Å². The van der Waals surface area contributed by atoms with E-state index in [0.717, 1.165) is 77.4 Å². The Hall–Kier alpha value is -3.29. The number of nitrogens with zero attached hydrogens (tertiary/aromatic N) is 4. The van der Waals surface area contributed by atoms with E-state index in [1.54, 1.807) is 14.2 Å². The lowest BCUT2D eigenvalue weighted by molar-refractivity contribution is 0.0750. The fourth-order valence-electron chi connectivity index (χ4n) is 4.97. The first-order chi connectivity index (χ1) is 17.2. The number of pyridine rings is 1. The molecule has 1 aliphatic heterocycles. The van der Waals surface area contributed by atoms with Crippen molar-refractivity contribution in [1.82, 2.24) is 19.7 Å². The molecule has 1 saturated heterocycles. The first kappa shape index (κ1) is 22.2. The molecule has 35 heavy (non-hydrogen) atoms. The monoisotopic (exact) mass is 470 g/mol. The maximum Gasteiger partial charge on any atom is 0.180 e. The average molecular weight is 471 g/mol. The molecule has 1 saturated carbocycles. The van der Waals surface area contributed by atoms with Gasteiger partial charge in [-0.3, -0.25) is 0 Å². The summed E-state index contributed by atoms with van der Waals surface area (Å²) in [5.74, 6) is 2.83. The third kappa shape index (κ3) is 4.42. The molecule has 0 amide bonds. The quantitative estimate of drug-likeness (QED) is 0.341. The number of hydrogen-bond donors (Lipinski definition) is 0. The molecule has 0 radical (unpaired) electrons. The molecule has 1 aliphatic carbocycles. The van der Waals surface area contributed by atoms with Crippen molar-refractivity contribution >= 4 is 10.9 Å². The maximum atomic E-state index is 5.97. The summed E-state index contributed by atoms with van der Waals surface area (Å²) >= 11 is 0. The lowest BCUT2D eigenvalue weighted by Crippen LogP contribution is -2.17. The summed E-state index contributed by atoms with van der Waals surface area (Å²) in [7, 11) is 3.44. The van der Waals surface area contributed by atoms with Crippen LogP contribution in [0.3, 0.4) is 0 Å². The Morgan fingerprint density at radius 2 is 1.89 bits per heavy atom. The van der Waals surface area contributed by atoms with Crippen molar-refractivity contribution in [3.8, 4) is 28.4 Å². The SMILES string of the molecule is COc1ccc2nc(-c3ccccc3)cc(-c3nc(C(OC)C4CC4)nn3CC3CCCO3)c2c1. The zero-order valence-corrected chi connectivity index (χ0v) is 20.2. The lowest BCUT2D eigenvalue weighted by Gasteiger charge is -2.14. The average Bonchev–Trinajstić information content (AvgIpc) is 3.44. The first-order valence-electron chi connectivity index (χ1n) is 12.4. The molecule has 3 heterocycles. The Balaban J connectivity index is 1.55. The number of aromatic nitrogens is 4. The highest BCUT2D eigenvalue weighted by Crippen LogP contribution is 2.43. The molecule has 7 nitrogen and oxygen atoms in total. The first-order valence-corrected chi connectivity index (χ1v) is 12.4. The van der Waals surface area contributed by atoms with E-state index in [1.807, 2.05) is 41.1 Å². The van der Waals surface area contributed by atoms with E-state index in [2.05, 4.69) is 18.2 Å². The predicted molar refractivity (Wildman–Crippen MR) is 134 cm³/mol. The number of rotatable bonds is 8. The Morgan fingerprint density at radius 3 is 2.60 bits per heavy atom. The second-order valence-electron chi connectivity index (χ2n) is 9.41. The van der Waals surface area contributed by atoms with Crippen molar-refractivity contribution in [1.29, 1.82) is 0 Å². The summed E-state index contributed by atoms with van der Waals surface area (Å²) in [6.45, 7) is 1.47. The molecular weight excluding hydrogens is 440 g/mol. The van der Waals surface area contributed by atoms with Gasteiger partial charge in [0.05, 0.1) is 31.0 Å². The summed E-state index contributed by atoms with van der Waals surface area (Å²) < 4.78 is 19.4. The van der Waals surface area contributed by atoms with E-state index < -0.39 is 0 Å². The molecule has 0 N–H and O–H groups in total. The van der Waals surface area contributed by atoms with Crippen LogP contribution in [0.4, 0.5) is 0 Å². The highest BCUT2D eigenvalue weighted by atomic mass is 16.5. The zero-order valence-electron chi connectivity index (χ0n) is 20.2. The number of hydrogen-bond acceptors (Lipinski definition) is 6. The molecule has 0 bridgehead atoms. The van der Waals surface area contributed by atoms with Crippen LogP contribution < -0.4 is 4.74 Å². The second-order valence-corrected chi connectivity index (χ2v) is 9.41. The third-order valence-corrected chi connectivity index (χ3v) is 6.97. The van der Waals surface area contributed by atoms with Crippen LogP contribution in [0.5, 0.6) is 5.75 Å². The molecule has 2 aromatic carbocycles. The van der Waals surface area contributed by atoms with E-state index >= 15 is 0 Å². The van der Waals surface area contributed by atoms with Crippen LogP contribution in [0.15, 0.2) is 54.6 Å². The minimum atomic E-state index is -0.0873. The smallest absolute Gasteiger partial charge is 0.180 e. The van der Waals surface area contributed by atoms with Gasteiger partial charge in [0.25, 0.3) is 0 Å². The number of benzene rings is 2. The Morgan fingerprint density at radius 1 is 1.03 bits per heavy atom. The van der Waals surface area contributed by atoms with Crippen LogP contribution in [0.2, 0.25) is 0 Å². The molecule has 2 unspecified atom stereocenters. The van der Waals surface area contributed by atoms with Gasteiger partial charge in [0.1, 0.15) is 11.9 Å². The van der Waals surface area contributed by atoms with E-state index in [1.165, 1.54) is 0 Å². The van der Waals surface area contributed by atoms with Gasteiger partial charge in [-0.05, 0) is 55.9 Å². The van der Waals surface area contributed by atoms with Crippen molar-refractivity contribution in [2.75, 3.05) is 20.8 Å². The van der Waals surface area contributed by atoms with Crippen LogP contribution in [0, 0.1) is 5.92 Å². The topological polar surface area (TPSA) is 71.3 Å². The molecule has 2 aromatic heterocycles. The van der Waals surface area contributed by atoms with Gasteiger partial charge in [-0.1, -0.05) is 30.3 Å². The van der Waals surface area contributed by atoms with Crippen molar-refractivity contribution in [2.24, 2.45) is 5.92 Å². The molecule has 2 aliphatic rings. The van der Waals surface area contributed by atoms with Gasteiger partial charge in [0.15, 0.2) is 11.6 Å². The highest BCUT2D eigenvalue weighted by Gasteiger charge is 2.36. The summed E-state index contributed by atoms with van der Waals surface area (Å²) in [6, 6.07) is 18.4. The fraction of sp³-hybridized carbons (Fsp3) is 0.393. The van der Waals surface area contributed by atoms with Gasteiger partial charge < -0.3 is 14.2 Å². The molecule has 0 spiro atoms.